The largest absolute Gasteiger partial charge is 0.350 e. The molecule has 8 heteroatoms. The van der Waals surface area contributed by atoms with Crippen LogP contribution in [0.15, 0.2) is 36.7 Å². The van der Waals surface area contributed by atoms with Crippen LogP contribution in [-0.2, 0) is 16.4 Å². The Morgan fingerprint density at radius 1 is 1.20 bits per heavy atom. The van der Waals surface area contributed by atoms with Crippen molar-refractivity contribution in [3.63, 3.8) is 0 Å². The van der Waals surface area contributed by atoms with Gasteiger partial charge in [0, 0.05) is 25.0 Å². The number of anilines is 1. The number of nitrogens with one attached hydrogen (secondary N) is 2. The van der Waals surface area contributed by atoms with Crippen molar-refractivity contribution < 1.29 is 13.2 Å². The van der Waals surface area contributed by atoms with Crippen LogP contribution in [0.3, 0.4) is 0 Å². The van der Waals surface area contributed by atoms with Crippen LogP contribution in [0.4, 0.5) is 5.95 Å². The summed E-state index contributed by atoms with van der Waals surface area (Å²) in [5, 5.41) is 5.81. The molecule has 1 amide bonds. The van der Waals surface area contributed by atoms with Gasteiger partial charge in [-0.25, -0.2) is 18.4 Å². The Bertz CT molecular complexity index is 848. The summed E-state index contributed by atoms with van der Waals surface area (Å²) in [6, 6.07) is 7.75. The number of carbonyl (C=O) groups excluding carboxylic acids is 1. The predicted octanol–water partition coefficient (Wildman–Crippen LogP) is 1.31. The Morgan fingerprint density at radius 2 is 1.88 bits per heavy atom. The van der Waals surface area contributed by atoms with Crippen molar-refractivity contribution >= 4 is 21.7 Å². The van der Waals surface area contributed by atoms with Crippen LogP contribution >= 0.6 is 0 Å². The van der Waals surface area contributed by atoms with Gasteiger partial charge in [0.2, 0.25) is 5.95 Å². The van der Waals surface area contributed by atoms with Gasteiger partial charge in [-0.15, -0.1) is 0 Å². The van der Waals surface area contributed by atoms with Crippen LogP contribution in [0.1, 0.15) is 27.9 Å². The third-order valence-electron chi connectivity index (χ3n) is 4.05. The van der Waals surface area contributed by atoms with Crippen LogP contribution in [0, 0.1) is 6.92 Å². The normalized spacial score (nSPS) is 18.7. The Morgan fingerprint density at radius 3 is 2.48 bits per heavy atom. The molecule has 1 atom stereocenters. The average molecular weight is 360 g/mol. The highest BCUT2D eigenvalue weighted by Crippen LogP contribution is 2.15. The fourth-order valence-electron chi connectivity index (χ4n) is 2.60. The number of sulfone groups is 1. The summed E-state index contributed by atoms with van der Waals surface area (Å²) in [4.78, 5) is 20.3. The van der Waals surface area contributed by atoms with Crippen LogP contribution in [0.2, 0.25) is 0 Å². The van der Waals surface area contributed by atoms with Gasteiger partial charge in [-0.05, 0) is 18.9 Å². The zero-order chi connectivity index (χ0) is 17.9. The van der Waals surface area contributed by atoms with Gasteiger partial charge in [0.15, 0.2) is 9.84 Å². The van der Waals surface area contributed by atoms with E-state index < -0.39 is 9.84 Å². The molecule has 0 spiro atoms. The van der Waals surface area contributed by atoms with Crippen molar-refractivity contribution in [3.8, 4) is 0 Å². The van der Waals surface area contributed by atoms with Crippen molar-refractivity contribution in [3.05, 3.63) is 53.3 Å². The van der Waals surface area contributed by atoms with E-state index in [0.29, 0.717) is 24.5 Å². The molecule has 0 bridgehead atoms. The molecular formula is C17H20N4O3S. The zero-order valence-electron chi connectivity index (χ0n) is 13.9. The van der Waals surface area contributed by atoms with Gasteiger partial charge in [-0.1, -0.05) is 29.8 Å². The maximum absolute atomic E-state index is 12.1. The van der Waals surface area contributed by atoms with Gasteiger partial charge in [-0.2, -0.15) is 0 Å². The molecule has 0 aliphatic carbocycles. The number of carbonyl (C=O) groups is 1. The molecule has 1 aromatic carbocycles. The first-order chi connectivity index (χ1) is 11.9. The third kappa shape index (κ3) is 4.76. The SMILES string of the molecule is Cc1ccc(CNC(=O)c2cnc(NC3CCS(=O)(=O)C3)nc2)cc1. The molecule has 3 rings (SSSR count). The maximum Gasteiger partial charge on any atom is 0.254 e. The van der Waals surface area contributed by atoms with Crippen LogP contribution < -0.4 is 10.6 Å². The second-order valence-corrected chi connectivity index (χ2v) is 8.44. The van der Waals surface area contributed by atoms with Gasteiger partial charge < -0.3 is 10.6 Å². The van der Waals surface area contributed by atoms with E-state index in [1.807, 2.05) is 31.2 Å². The van der Waals surface area contributed by atoms with Crippen molar-refractivity contribution in [2.75, 3.05) is 16.8 Å². The van der Waals surface area contributed by atoms with E-state index >= 15 is 0 Å². The minimum atomic E-state index is -2.96. The fourth-order valence-corrected chi connectivity index (χ4v) is 4.27. The molecule has 1 aliphatic heterocycles. The van der Waals surface area contributed by atoms with Gasteiger partial charge >= 0.3 is 0 Å². The van der Waals surface area contributed by atoms with Crippen LogP contribution in [0.25, 0.3) is 0 Å². The highest BCUT2D eigenvalue weighted by molar-refractivity contribution is 7.91. The number of hydrogen-bond acceptors (Lipinski definition) is 6. The molecule has 132 valence electrons. The van der Waals surface area contributed by atoms with Crippen molar-refractivity contribution in [2.24, 2.45) is 0 Å². The number of hydrogen-bond donors (Lipinski definition) is 2. The Labute approximate surface area is 146 Å². The zero-order valence-corrected chi connectivity index (χ0v) is 14.7. The number of aryl methyl sites for hydroxylation is 1. The minimum absolute atomic E-state index is 0.0924. The standard InChI is InChI=1S/C17H20N4O3S/c1-12-2-4-13(5-3-12)8-18-16(22)14-9-19-17(20-10-14)21-15-6-7-25(23,24)11-15/h2-5,9-10,15H,6-8,11H2,1H3,(H,18,22)(H,19,20,21). The number of rotatable bonds is 5. The summed E-state index contributed by atoms with van der Waals surface area (Å²) in [6.45, 7) is 2.44. The number of aromatic nitrogens is 2. The fraction of sp³-hybridized carbons (Fsp3) is 0.353. The molecule has 2 aromatic rings. The topological polar surface area (TPSA) is 101 Å². The molecule has 2 heterocycles. The molecule has 2 N–H and O–H groups in total. The molecular weight excluding hydrogens is 340 g/mol. The smallest absolute Gasteiger partial charge is 0.254 e. The third-order valence-corrected chi connectivity index (χ3v) is 5.82. The number of amides is 1. The second kappa shape index (κ2) is 7.18. The highest BCUT2D eigenvalue weighted by atomic mass is 32.2. The molecule has 0 saturated carbocycles. The molecule has 25 heavy (non-hydrogen) atoms. The average Bonchev–Trinajstić information content (AvgIpc) is 2.93. The quantitative estimate of drug-likeness (QED) is 0.834. The second-order valence-electron chi connectivity index (χ2n) is 6.21. The molecule has 7 nitrogen and oxygen atoms in total. The first kappa shape index (κ1) is 17.3. The molecule has 0 radical (unpaired) electrons. The maximum atomic E-state index is 12.1. The monoisotopic (exact) mass is 360 g/mol. The summed E-state index contributed by atoms with van der Waals surface area (Å²) < 4.78 is 22.9. The lowest BCUT2D eigenvalue weighted by atomic mass is 10.1. The summed E-state index contributed by atoms with van der Waals surface area (Å²) in [6.07, 6.45) is 3.41. The lowest BCUT2D eigenvalue weighted by Crippen LogP contribution is -2.24. The molecule has 1 fully saturated rings. The Kier molecular flexibility index (Phi) is 4.98. The van der Waals surface area contributed by atoms with E-state index in [9.17, 15) is 13.2 Å². The van der Waals surface area contributed by atoms with Gasteiger partial charge in [0.05, 0.1) is 17.1 Å². The van der Waals surface area contributed by atoms with E-state index in [4.69, 9.17) is 0 Å². The molecule has 1 unspecified atom stereocenters. The van der Waals surface area contributed by atoms with E-state index in [1.165, 1.54) is 18.0 Å². The first-order valence-electron chi connectivity index (χ1n) is 8.04. The van der Waals surface area contributed by atoms with Crippen molar-refractivity contribution in [2.45, 2.75) is 25.9 Å². The molecule has 1 aliphatic rings. The Hall–Kier alpha value is -2.48. The lowest BCUT2D eigenvalue weighted by molar-refractivity contribution is 0.0950. The first-order valence-corrected chi connectivity index (χ1v) is 9.86. The van der Waals surface area contributed by atoms with E-state index in [2.05, 4.69) is 20.6 Å². The van der Waals surface area contributed by atoms with Crippen LogP contribution in [-0.4, -0.2) is 41.8 Å². The summed E-state index contributed by atoms with van der Waals surface area (Å²) in [7, 11) is -2.96. The predicted molar refractivity (Wildman–Crippen MR) is 95.1 cm³/mol. The molecule has 1 saturated heterocycles. The highest BCUT2D eigenvalue weighted by Gasteiger charge is 2.28. The van der Waals surface area contributed by atoms with Crippen molar-refractivity contribution in [1.29, 1.82) is 0 Å². The number of nitrogens with zero attached hydrogens (tertiary/aromatic N) is 2. The van der Waals surface area contributed by atoms with E-state index in [1.54, 1.807) is 0 Å². The van der Waals surface area contributed by atoms with E-state index in [-0.39, 0.29) is 23.5 Å². The minimum Gasteiger partial charge on any atom is -0.350 e. The summed E-state index contributed by atoms with van der Waals surface area (Å²) in [5.41, 5.74) is 2.54. The van der Waals surface area contributed by atoms with Gasteiger partial charge in [0.1, 0.15) is 0 Å². The number of benzene rings is 1. The Balaban J connectivity index is 1.54. The van der Waals surface area contributed by atoms with E-state index in [0.717, 1.165) is 5.56 Å². The van der Waals surface area contributed by atoms with Gasteiger partial charge in [-0.3, -0.25) is 4.79 Å². The molecule has 1 aromatic heterocycles. The lowest BCUT2D eigenvalue weighted by Gasteiger charge is -2.10. The summed E-state index contributed by atoms with van der Waals surface area (Å²) in [5.74, 6) is 0.354. The van der Waals surface area contributed by atoms with Crippen LogP contribution in [0.5, 0.6) is 0 Å². The van der Waals surface area contributed by atoms with Gasteiger partial charge in [0.25, 0.3) is 5.91 Å². The summed E-state index contributed by atoms with van der Waals surface area (Å²) >= 11 is 0. The van der Waals surface area contributed by atoms with Crippen molar-refractivity contribution in [1.82, 2.24) is 15.3 Å².